The number of carbonyl (C=O) groups is 1. The van der Waals surface area contributed by atoms with Gasteiger partial charge in [-0.05, 0) is 43.0 Å². The number of nitrogens with zero attached hydrogens (tertiary/aromatic N) is 8. The molecule has 2 aliphatic rings. The van der Waals surface area contributed by atoms with Crippen molar-refractivity contribution in [1.82, 2.24) is 29.5 Å². The molecule has 2 aliphatic heterocycles. The third-order valence-corrected chi connectivity index (χ3v) is 7.28. The minimum Gasteiger partial charge on any atom is -0.482 e. The highest BCUT2D eigenvalue weighted by Gasteiger charge is 2.27. The number of ether oxygens (including phenoxy) is 1. The number of hydrogen-bond acceptors (Lipinski definition) is 11. The van der Waals surface area contributed by atoms with Crippen LogP contribution >= 0.6 is 0 Å². The van der Waals surface area contributed by atoms with E-state index in [-0.39, 0.29) is 11.7 Å². The second-order valence-corrected chi connectivity index (χ2v) is 10.0. The maximum atomic E-state index is 14.7. The Morgan fingerprint density at radius 1 is 1.12 bits per heavy atom. The first-order valence-electron chi connectivity index (χ1n) is 13.2. The summed E-state index contributed by atoms with van der Waals surface area (Å²) < 4.78 is 26.6. The Bertz CT molecular complexity index is 1490. The first-order chi connectivity index (χ1) is 19.4. The molecule has 6 rings (SSSR count). The standard InChI is InChI=1S/C26H30FN9O4/c27-19-13-18(40-16-22(37)38)5-6-20(19)34-10-8-33(9-11-34)14-17-3-1-7-35(15-17)25-30-24(28)36-26(31-25)29-23(32-36)21-4-2-12-39-21/h2,4-6,12-13,17H,1,3,7-11,14-16H2,(H,37,38)(H2,28,29,30,31,32). The number of hydrogen-bond donors (Lipinski definition) is 2. The predicted octanol–water partition coefficient (Wildman–Crippen LogP) is 2.00. The minimum atomic E-state index is -1.10. The van der Waals surface area contributed by atoms with E-state index in [4.69, 9.17) is 20.0 Å². The Labute approximate surface area is 229 Å². The Kier molecular flexibility index (Phi) is 7.07. The third kappa shape index (κ3) is 5.47. The number of halogens is 1. The zero-order chi connectivity index (χ0) is 27.6. The van der Waals surface area contributed by atoms with Gasteiger partial charge in [-0.3, -0.25) is 4.90 Å². The van der Waals surface area contributed by atoms with Gasteiger partial charge < -0.3 is 29.8 Å². The van der Waals surface area contributed by atoms with E-state index in [1.807, 2.05) is 4.90 Å². The van der Waals surface area contributed by atoms with E-state index >= 15 is 0 Å². The van der Waals surface area contributed by atoms with Crippen molar-refractivity contribution >= 4 is 29.3 Å². The highest BCUT2D eigenvalue weighted by molar-refractivity contribution is 5.68. The Morgan fingerprint density at radius 3 is 2.73 bits per heavy atom. The second kappa shape index (κ2) is 11.0. The summed E-state index contributed by atoms with van der Waals surface area (Å²) in [4.78, 5) is 30.9. The van der Waals surface area contributed by atoms with Crippen LogP contribution in [-0.4, -0.2) is 93.0 Å². The molecule has 14 heteroatoms. The van der Waals surface area contributed by atoms with Crippen LogP contribution in [0.3, 0.4) is 0 Å². The van der Waals surface area contributed by atoms with Crippen molar-refractivity contribution in [3.05, 3.63) is 42.4 Å². The SMILES string of the molecule is Nc1nc(N2CCCC(CN3CCN(c4ccc(OCC(=O)O)cc4F)CC3)C2)nc2nc(-c3ccco3)nn12. The van der Waals surface area contributed by atoms with Gasteiger partial charge >= 0.3 is 5.97 Å². The van der Waals surface area contributed by atoms with Gasteiger partial charge in [0.05, 0.1) is 12.0 Å². The molecule has 3 N–H and O–H groups in total. The third-order valence-electron chi connectivity index (χ3n) is 7.28. The maximum Gasteiger partial charge on any atom is 0.341 e. The van der Waals surface area contributed by atoms with Gasteiger partial charge in [0.1, 0.15) is 11.6 Å². The van der Waals surface area contributed by atoms with E-state index < -0.39 is 18.4 Å². The molecule has 4 aromatic rings. The number of fused-ring (bicyclic) bond motifs is 1. The van der Waals surface area contributed by atoms with Crippen LogP contribution in [0.5, 0.6) is 5.75 Å². The van der Waals surface area contributed by atoms with E-state index in [1.54, 1.807) is 30.5 Å². The van der Waals surface area contributed by atoms with Gasteiger partial charge in [0, 0.05) is 51.9 Å². The average Bonchev–Trinajstić information content (AvgIpc) is 3.63. The molecule has 0 bridgehead atoms. The van der Waals surface area contributed by atoms with Gasteiger partial charge in [-0.2, -0.15) is 19.5 Å². The summed E-state index contributed by atoms with van der Waals surface area (Å²) in [5.74, 6) is 1.20. The fourth-order valence-electron chi connectivity index (χ4n) is 5.36. The number of piperidine rings is 1. The summed E-state index contributed by atoms with van der Waals surface area (Å²) in [5, 5.41) is 13.1. The molecule has 5 heterocycles. The van der Waals surface area contributed by atoms with Gasteiger partial charge in [0.15, 0.2) is 12.4 Å². The number of carboxylic acids is 1. The number of benzene rings is 1. The lowest BCUT2D eigenvalue weighted by atomic mass is 9.97. The van der Waals surface area contributed by atoms with Crippen LogP contribution in [0.4, 0.5) is 22.0 Å². The minimum absolute atomic E-state index is 0.205. The van der Waals surface area contributed by atoms with E-state index in [0.717, 1.165) is 45.6 Å². The number of furan rings is 1. The lowest BCUT2D eigenvalue weighted by molar-refractivity contribution is -0.139. The van der Waals surface area contributed by atoms with Crippen molar-refractivity contribution in [3.8, 4) is 17.3 Å². The number of anilines is 3. The molecule has 2 saturated heterocycles. The van der Waals surface area contributed by atoms with Crippen molar-refractivity contribution < 1.29 is 23.4 Å². The number of nitrogens with two attached hydrogens (primary N) is 1. The van der Waals surface area contributed by atoms with Crippen molar-refractivity contribution in [2.24, 2.45) is 5.92 Å². The molecule has 0 saturated carbocycles. The maximum absolute atomic E-state index is 14.7. The van der Waals surface area contributed by atoms with E-state index in [2.05, 4.69) is 29.9 Å². The van der Waals surface area contributed by atoms with E-state index in [1.165, 1.54) is 10.6 Å². The molecule has 210 valence electrons. The summed E-state index contributed by atoms with van der Waals surface area (Å²) in [7, 11) is 0. The average molecular weight is 552 g/mol. The van der Waals surface area contributed by atoms with Gasteiger partial charge in [-0.1, -0.05) is 0 Å². The lowest BCUT2D eigenvalue weighted by Crippen LogP contribution is -2.50. The number of aliphatic carboxylic acids is 1. The van der Waals surface area contributed by atoms with Crippen LogP contribution in [0.25, 0.3) is 17.4 Å². The molecule has 3 aromatic heterocycles. The van der Waals surface area contributed by atoms with Crippen molar-refractivity contribution in [1.29, 1.82) is 0 Å². The first-order valence-corrected chi connectivity index (χ1v) is 13.2. The molecular formula is C26H30FN9O4. The van der Waals surface area contributed by atoms with E-state index in [0.29, 0.717) is 48.0 Å². The molecule has 13 nitrogen and oxygen atoms in total. The molecular weight excluding hydrogens is 521 g/mol. The molecule has 0 radical (unpaired) electrons. The largest absolute Gasteiger partial charge is 0.482 e. The second-order valence-electron chi connectivity index (χ2n) is 10.0. The van der Waals surface area contributed by atoms with Crippen molar-refractivity contribution in [2.45, 2.75) is 12.8 Å². The Hall–Kier alpha value is -4.46. The van der Waals surface area contributed by atoms with Crippen molar-refractivity contribution in [2.75, 3.05) is 68.0 Å². The monoisotopic (exact) mass is 551 g/mol. The van der Waals surface area contributed by atoms with Crippen LogP contribution in [-0.2, 0) is 4.79 Å². The highest BCUT2D eigenvalue weighted by atomic mass is 19.1. The molecule has 0 amide bonds. The van der Waals surface area contributed by atoms with E-state index in [9.17, 15) is 9.18 Å². The number of carboxylic acid groups (broad SMARTS) is 1. The summed E-state index contributed by atoms with van der Waals surface area (Å²) in [6, 6.07) is 8.04. The van der Waals surface area contributed by atoms with Crippen molar-refractivity contribution in [3.63, 3.8) is 0 Å². The molecule has 1 aromatic carbocycles. The topological polar surface area (TPSA) is 151 Å². The summed E-state index contributed by atoms with van der Waals surface area (Å²) >= 11 is 0. The van der Waals surface area contributed by atoms with Crippen LogP contribution in [0.2, 0.25) is 0 Å². The molecule has 0 spiro atoms. The van der Waals surface area contributed by atoms with Crippen LogP contribution in [0.1, 0.15) is 12.8 Å². The van der Waals surface area contributed by atoms with Gasteiger partial charge in [0.25, 0.3) is 5.78 Å². The molecule has 1 unspecified atom stereocenters. The fraction of sp³-hybridized carbons (Fsp3) is 0.423. The number of piperazine rings is 1. The Morgan fingerprint density at radius 2 is 1.98 bits per heavy atom. The summed E-state index contributed by atoms with van der Waals surface area (Å²) in [5.41, 5.74) is 6.70. The Balaban J connectivity index is 1.05. The molecule has 40 heavy (non-hydrogen) atoms. The van der Waals surface area contributed by atoms with Crippen LogP contribution < -0.4 is 20.3 Å². The van der Waals surface area contributed by atoms with Gasteiger partial charge in [-0.25, -0.2) is 9.18 Å². The van der Waals surface area contributed by atoms with Crippen LogP contribution in [0, 0.1) is 11.7 Å². The molecule has 0 aliphatic carbocycles. The number of rotatable bonds is 8. The quantitative estimate of drug-likeness (QED) is 0.329. The van der Waals surface area contributed by atoms with Gasteiger partial charge in [-0.15, -0.1) is 5.10 Å². The summed E-state index contributed by atoms with van der Waals surface area (Å²) in [6.07, 6.45) is 3.69. The predicted molar refractivity (Wildman–Crippen MR) is 144 cm³/mol. The number of aromatic nitrogens is 5. The van der Waals surface area contributed by atoms with Crippen LogP contribution in [0.15, 0.2) is 41.0 Å². The summed E-state index contributed by atoms with van der Waals surface area (Å²) in [6.45, 7) is 5.10. The smallest absolute Gasteiger partial charge is 0.341 e. The molecule has 1 atom stereocenters. The molecule has 2 fully saturated rings. The highest BCUT2D eigenvalue weighted by Crippen LogP contribution is 2.27. The fourth-order valence-corrected chi connectivity index (χ4v) is 5.36. The number of nitrogen functional groups attached to an aromatic ring is 1. The normalized spacial score (nSPS) is 18.4. The first kappa shape index (κ1) is 25.8. The van der Waals surface area contributed by atoms with Gasteiger partial charge in [0.2, 0.25) is 17.7 Å². The lowest BCUT2D eigenvalue weighted by Gasteiger charge is -2.40. The zero-order valence-corrected chi connectivity index (χ0v) is 21.8. The zero-order valence-electron chi connectivity index (χ0n) is 21.8.